The number of unbranched alkanes of at least 4 members (excludes halogenated alkanes) is 38. The Labute approximate surface area is 441 Å². The van der Waals surface area contributed by atoms with Gasteiger partial charge in [0.2, 0.25) is 0 Å². The molecule has 0 aromatic carbocycles. The third-order valence-electron chi connectivity index (χ3n) is 13.8. The van der Waals surface area contributed by atoms with Crippen LogP contribution in [0.2, 0.25) is 0 Å². The lowest BCUT2D eigenvalue weighted by Gasteiger charge is -2.18. The zero-order valence-electron chi connectivity index (χ0n) is 47.5. The average Bonchev–Trinajstić information content (AvgIpc) is 3.37. The molecule has 71 heavy (non-hydrogen) atoms. The summed E-state index contributed by atoms with van der Waals surface area (Å²) in [5, 5.41) is 0. The Morgan fingerprint density at radius 3 is 0.859 bits per heavy atom. The molecule has 6 nitrogen and oxygen atoms in total. The minimum atomic E-state index is -0.765. The van der Waals surface area contributed by atoms with Crippen LogP contribution < -0.4 is 0 Å². The molecule has 0 fully saturated rings. The first-order chi connectivity index (χ1) is 35.0. The Hall–Kier alpha value is -2.63. The van der Waals surface area contributed by atoms with Gasteiger partial charge in [-0.05, 0) is 57.8 Å². The first-order valence-corrected chi connectivity index (χ1v) is 31.1. The van der Waals surface area contributed by atoms with E-state index in [1.807, 2.05) is 0 Å². The molecular weight excluding hydrogens is 877 g/mol. The van der Waals surface area contributed by atoms with Crippen LogP contribution in [0.1, 0.15) is 329 Å². The van der Waals surface area contributed by atoms with Crippen molar-refractivity contribution in [3.05, 3.63) is 48.6 Å². The minimum absolute atomic E-state index is 0.0677. The van der Waals surface area contributed by atoms with Gasteiger partial charge in [-0.1, -0.05) is 301 Å². The second-order valence-corrected chi connectivity index (χ2v) is 21.0. The van der Waals surface area contributed by atoms with Gasteiger partial charge in [0.15, 0.2) is 6.10 Å². The number of carbonyl (C=O) groups is 3. The normalized spacial score (nSPS) is 12.3. The number of rotatable bonds is 57. The molecule has 1 atom stereocenters. The van der Waals surface area contributed by atoms with Crippen molar-refractivity contribution in [2.24, 2.45) is 0 Å². The van der Waals surface area contributed by atoms with Crippen LogP contribution in [-0.2, 0) is 28.6 Å². The topological polar surface area (TPSA) is 78.9 Å². The molecule has 0 saturated carbocycles. The third kappa shape index (κ3) is 58.1. The highest BCUT2D eigenvalue weighted by molar-refractivity contribution is 5.71. The summed E-state index contributed by atoms with van der Waals surface area (Å²) in [4.78, 5) is 37.9. The van der Waals surface area contributed by atoms with E-state index in [0.29, 0.717) is 19.3 Å². The molecule has 0 bridgehead atoms. The molecule has 6 heteroatoms. The molecule has 1 unspecified atom stereocenters. The van der Waals surface area contributed by atoms with E-state index in [-0.39, 0.29) is 31.1 Å². The Morgan fingerprint density at radius 1 is 0.296 bits per heavy atom. The van der Waals surface area contributed by atoms with Crippen LogP contribution in [0.3, 0.4) is 0 Å². The second kappa shape index (κ2) is 59.9. The number of hydrogen-bond acceptors (Lipinski definition) is 6. The van der Waals surface area contributed by atoms with Crippen LogP contribution in [0.15, 0.2) is 48.6 Å². The molecular formula is C65H118O6. The summed E-state index contributed by atoms with van der Waals surface area (Å²) < 4.78 is 16.8. The molecule has 414 valence electrons. The van der Waals surface area contributed by atoms with E-state index in [1.165, 1.54) is 205 Å². The van der Waals surface area contributed by atoms with E-state index in [1.54, 1.807) is 0 Å². The highest BCUT2D eigenvalue weighted by atomic mass is 16.6. The van der Waals surface area contributed by atoms with Crippen molar-refractivity contribution in [2.45, 2.75) is 335 Å². The standard InChI is InChI=1S/C65H118O6/c1-4-7-10-13-16-18-20-22-24-26-28-29-30-31-32-33-34-35-36-37-38-40-41-43-45-47-49-52-55-58-64(67)70-61-62(60-69-63(66)57-54-51-15-12-9-6-3)71-65(68)59-56-53-50-48-46-44-42-39-27-25-23-21-19-17-14-11-8-5-2/h7,10,16,18,22,24,28-29,62H,4-6,8-9,11-15,17,19-21,23,25-27,30-61H2,1-3H3/b10-7-,18-16-,24-22-,29-28-. The molecule has 0 N–H and O–H groups in total. The summed E-state index contributed by atoms with van der Waals surface area (Å²) in [6, 6.07) is 0. The predicted octanol–water partition coefficient (Wildman–Crippen LogP) is 21.0. The Bertz CT molecular complexity index is 1230. The smallest absolute Gasteiger partial charge is 0.306 e. The number of ether oxygens (including phenoxy) is 3. The first-order valence-electron chi connectivity index (χ1n) is 31.1. The first kappa shape index (κ1) is 68.4. The summed E-state index contributed by atoms with van der Waals surface area (Å²) in [5.41, 5.74) is 0. The average molecular weight is 996 g/mol. The van der Waals surface area contributed by atoms with Gasteiger partial charge in [0.1, 0.15) is 13.2 Å². The van der Waals surface area contributed by atoms with Crippen molar-refractivity contribution >= 4 is 17.9 Å². The lowest BCUT2D eigenvalue weighted by Crippen LogP contribution is -2.30. The van der Waals surface area contributed by atoms with Gasteiger partial charge in [-0.3, -0.25) is 14.4 Å². The fourth-order valence-electron chi connectivity index (χ4n) is 9.20. The van der Waals surface area contributed by atoms with E-state index in [9.17, 15) is 14.4 Å². The van der Waals surface area contributed by atoms with E-state index in [0.717, 1.165) is 83.5 Å². The maximum atomic E-state index is 12.8. The second-order valence-electron chi connectivity index (χ2n) is 21.0. The van der Waals surface area contributed by atoms with Gasteiger partial charge in [-0.25, -0.2) is 0 Å². The van der Waals surface area contributed by atoms with E-state index < -0.39 is 6.10 Å². The molecule has 0 aromatic heterocycles. The van der Waals surface area contributed by atoms with Gasteiger partial charge in [0.25, 0.3) is 0 Å². The molecule has 0 spiro atoms. The lowest BCUT2D eigenvalue weighted by atomic mass is 10.0. The maximum absolute atomic E-state index is 12.8. The van der Waals surface area contributed by atoms with E-state index in [2.05, 4.69) is 69.4 Å². The fourth-order valence-corrected chi connectivity index (χ4v) is 9.20. The SMILES string of the molecule is CC/C=C\C/C=C\C/C=C\C/C=C\CCCCCCCCCCCCCCCCCCC(=O)OCC(COC(=O)CCCCCCCC)OC(=O)CCCCCCCCCCCCCCCCCCCC. The van der Waals surface area contributed by atoms with Gasteiger partial charge >= 0.3 is 17.9 Å². The summed E-state index contributed by atoms with van der Waals surface area (Å²) >= 11 is 0. The van der Waals surface area contributed by atoms with Gasteiger partial charge in [-0.2, -0.15) is 0 Å². The van der Waals surface area contributed by atoms with Crippen LogP contribution in [0.4, 0.5) is 0 Å². The Kier molecular flexibility index (Phi) is 57.7. The molecule has 0 aliphatic rings. The van der Waals surface area contributed by atoms with Crippen LogP contribution in [0, 0.1) is 0 Å². The van der Waals surface area contributed by atoms with Crippen LogP contribution in [0.5, 0.6) is 0 Å². The molecule has 0 amide bonds. The number of allylic oxidation sites excluding steroid dienone is 8. The van der Waals surface area contributed by atoms with Crippen molar-refractivity contribution in [1.29, 1.82) is 0 Å². The van der Waals surface area contributed by atoms with E-state index >= 15 is 0 Å². The molecule has 0 aliphatic heterocycles. The summed E-state index contributed by atoms with van der Waals surface area (Å²) in [6.45, 7) is 6.52. The number of carbonyl (C=O) groups excluding carboxylic acids is 3. The van der Waals surface area contributed by atoms with Crippen molar-refractivity contribution in [3.63, 3.8) is 0 Å². The fraction of sp³-hybridized carbons (Fsp3) is 0.831. The Balaban J connectivity index is 4.01. The highest BCUT2D eigenvalue weighted by Gasteiger charge is 2.19. The van der Waals surface area contributed by atoms with Gasteiger partial charge in [0, 0.05) is 19.3 Å². The minimum Gasteiger partial charge on any atom is -0.462 e. The molecule has 0 saturated heterocycles. The summed E-state index contributed by atoms with van der Waals surface area (Å²) in [5.74, 6) is -0.858. The largest absolute Gasteiger partial charge is 0.462 e. The molecule has 0 radical (unpaired) electrons. The zero-order valence-corrected chi connectivity index (χ0v) is 47.5. The van der Waals surface area contributed by atoms with Crippen molar-refractivity contribution in [1.82, 2.24) is 0 Å². The van der Waals surface area contributed by atoms with Gasteiger partial charge in [0.05, 0.1) is 0 Å². The molecule has 0 aliphatic carbocycles. The quantitative estimate of drug-likeness (QED) is 0.0261. The monoisotopic (exact) mass is 995 g/mol. The van der Waals surface area contributed by atoms with Crippen molar-refractivity contribution < 1.29 is 28.6 Å². The van der Waals surface area contributed by atoms with Crippen LogP contribution >= 0.6 is 0 Å². The van der Waals surface area contributed by atoms with Crippen LogP contribution in [0.25, 0.3) is 0 Å². The summed E-state index contributed by atoms with van der Waals surface area (Å²) in [6.07, 6.45) is 74.4. The number of hydrogen-bond donors (Lipinski definition) is 0. The molecule has 0 aromatic rings. The van der Waals surface area contributed by atoms with Crippen molar-refractivity contribution in [3.8, 4) is 0 Å². The lowest BCUT2D eigenvalue weighted by molar-refractivity contribution is -0.167. The van der Waals surface area contributed by atoms with Crippen molar-refractivity contribution in [2.75, 3.05) is 13.2 Å². The molecule has 0 heterocycles. The number of esters is 3. The zero-order chi connectivity index (χ0) is 51.4. The van der Waals surface area contributed by atoms with Gasteiger partial charge < -0.3 is 14.2 Å². The van der Waals surface area contributed by atoms with E-state index in [4.69, 9.17) is 14.2 Å². The highest BCUT2D eigenvalue weighted by Crippen LogP contribution is 2.17. The maximum Gasteiger partial charge on any atom is 0.306 e. The van der Waals surface area contributed by atoms with Crippen LogP contribution in [-0.4, -0.2) is 37.2 Å². The third-order valence-corrected chi connectivity index (χ3v) is 13.8. The van der Waals surface area contributed by atoms with Gasteiger partial charge in [-0.15, -0.1) is 0 Å². The predicted molar refractivity (Wildman–Crippen MR) is 307 cm³/mol. The Morgan fingerprint density at radius 2 is 0.549 bits per heavy atom. The summed E-state index contributed by atoms with van der Waals surface area (Å²) in [7, 11) is 0. The molecule has 0 rings (SSSR count).